The van der Waals surface area contributed by atoms with E-state index in [-0.39, 0.29) is 12.0 Å². The molecule has 5 nitrogen and oxygen atoms in total. The molecule has 2 heterocycles. The summed E-state index contributed by atoms with van der Waals surface area (Å²) in [6.45, 7) is 1.85. The van der Waals surface area contributed by atoms with Crippen LogP contribution in [0.1, 0.15) is 28.1 Å². The predicted molar refractivity (Wildman–Crippen MR) is 114 cm³/mol. The zero-order chi connectivity index (χ0) is 20.1. The maximum atomic E-state index is 13.3. The van der Waals surface area contributed by atoms with Crippen LogP contribution in [0, 0.1) is 0 Å². The average Bonchev–Trinajstić information content (AvgIpc) is 3.46. The molecule has 1 aliphatic heterocycles. The van der Waals surface area contributed by atoms with Crippen molar-refractivity contribution in [3.8, 4) is 16.3 Å². The van der Waals surface area contributed by atoms with Gasteiger partial charge >= 0.3 is 0 Å². The number of methoxy groups -OCH3 is 1. The standard InChI is InChI=1S/C23H24N2O3S/c1-27-19-10-5-7-17(13-19)15-25(16-20-11-6-12-28-20)23(26)21-14-24-22(29-21)18-8-3-2-4-9-18/h2-5,7-10,13-14,20H,6,11-12,15-16H2,1H3. The maximum absolute atomic E-state index is 13.3. The Morgan fingerprint density at radius 2 is 2.10 bits per heavy atom. The van der Waals surface area contributed by atoms with Gasteiger partial charge < -0.3 is 14.4 Å². The Labute approximate surface area is 174 Å². The molecular formula is C23H24N2O3S. The van der Waals surface area contributed by atoms with Crippen LogP contribution in [0.25, 0.3) is 10.6 Å². The summed E-state index contributed by atoms with van der Waals surface area (Å²) in [5.74, 6) is 0.777. The second kappa shape index (κ2) is 9.20. The highest BCUT2D eigenvalue weighted by Gasteiger charge is 2.25. The van der Waals surface area contributed by atoms with Gasteiger partial charge in [0.2, 0.25) is 0 Å². The van der Waals surface area contributed by atoms with E-state index in [1.807, 2.05) is 59.5 Å². The van der Waals surface area contributed by atoms with Gasteiger partial charge in [-0.25, -0.2) is 4.98 Å². The number of thiazole rings is 1. The molecule has 4 rings (SSSR count). The summed E-state index contributed by atoms with van der Waals surface area (Å²) in [6.07, 6.45) is 3.81. The fraction of sp³-hybridized carbons (Fsp3) is 0.304. The molecule has 0 radical (unpaired) electrons. The zero-order valence-electron chi connectivity index (χ0n) is 16.4. The third-order valence-electron chi connectivity index (χ3n) is 4.98. The third-order valence-corrected chi connectivity index (χ3v) is 6.01. The lowest BCUT2D eigenvalue weighted by Crippen LogP contribution is -2.36. The van der Waals surface area contributed by atoms with Gasteiger partial charge in [-0.2, -0.15) is 0 Å². The lowest BCUT2D eigenvalue weighted by Gasteiger charge is -2.25. The van der Waals surface area contributed by atoms with E-state index in [1.54, 1.807) is 13.3 Å². The Morgan fingerprint density at radius 3 is 2.86 bits per heavy atom. The molecule has 1 amide bonds. The van der Waals surface area contributed by atoms with Crippen molar-refractivity contribution in [1.82, 2.24) is 9.88 Å². The molecule has 0 bridgehead atoms. The van der Waals surface area contributed by atoms with Crippen molar-refractivity contribution in [3.63, 3.8) is 0 Å². The molecule has 2 aromatic carbocycles. The van der Waals surface area contributed by atoms with E-state index < -0.39 is 0 Å². The molecular weight excluding hydrogens is 384 g/mol. The van der Waals surface area contributed by atoms with Crippen LogP contribution in [0.4, 0.5) is 0 Å². The minimum atomic E-state index is -0.0111. The Hall–Kier alpha value is -2.70. The Bertz CT molecular complexity index is 952. The molecule has 0 spiro atoms. The number of aromatic nitrogens is 1. The number of hydrogen-bond donors (Lipinski definition) is 0. The van der Waals surface area contributed by atoms with Crippen LogP contribution in [0.15, 0.2) is 60.8 Å². The van der Waals surface area contributed by atoms with Crippen molar-refractivity contribution in [2.45, 2.75) is 25.5 Å². The highest BCUT2D eigenvalue weighted by molar-refractivity contribution is 7.16. The summed E-state index contributed by atoms with van der Waals surface area (Å²) in [5, 5.41) is 0.854. The number of carbonyl (C=O) groups excluding carboxylic acids is 1. The number of amides is 1. The first-order chi connectivity index (χ1) is 14.2. The molecule has 1 saturated heterocycles. The number of benzene rings is 2. The quantitative estimate of drug-likeness (QED) is 0.571. The summed E-state index contributed by atoms with van der Waals surface area (Å²) in [5.41, 5.74) is 2.05. The molecule has 0 N–H and O–H groups in total. The Morgan fingerprint density at radius 1 is 1.24 bits per heavy atom. The highest BCUT2D eigenvalue weighted by Crippen LogP contribution is 2.27. The average molecular weight is 409 g/mol. The van der Waals surface area contributed by atoms with Crippen molar-refractivity contribution in [3.05, 3.63) is 71.2 Å². The van der Waals surface area contributed by atoms with Gasteiger partial charge in [0, 0.05) is 25.3 Å². The predicted octanol–water partition coefficient (Wildman–Crippen LogP) is 4.64. The van der Waals surface area contributed by atoms with Crippen molar-refractivity contribution < 1.29 is 14.3 Å². The molecule has 1 aliphatic rings. The van der Waals surface area contributed by atoms with Crippen LogP contribution in [0.2, 0.25) is 0 Å². The first-order valence-electron chi connectivity index (χ1n) is 9.78. The first kappa shape index (κ1) is 19.6. The lowest BCUT2D eigenvalue weighted by atomic mass is 10.1. The highest BCUT2D eigenvalue weighted by atomic mass is 32.1. The minimum Gasteiger partial charge on any atom is -0.497 e. The van der Waals surface area contributed by atoms with Crippen molar-refractivity contribution in [2.24, 2.45) is 0 Å². The summed E-state index contributed by atoms with van der Waals surface area (Å²) < 4.78 is 11.1. The lowest BCUT2D eigenvalue weighted by molar-refractivity contribution is 0.0510. The van der Waals surface area contributed by atoms with Crippen LogP contribution in [-0.4, -0.2) is 42.2 Å². The third kappa shape index (κ3) is 4.83. The van der Waals surface area contributed by atoms with Gasteiger partial charge in [-0.15, -0.1) is 11.3 Å². The Balaban J connectivity index is 1.56. The summed E-state index contributed by atoms with van der Waals surface area (Å²) in [7, 11) is 1.65. The maximum Gasteiger partial charge on any atom is 0.265 e. The van der Waals surface area contributed by atoms with E-state index in [0.717, 1.165) is 41.3 Å². The fourth-order valence-corrected chi connectivity index (χ4v) is 4.38. The van der Waals surface area contributed by atoms with Gasteiger partial charge in [-0.05, 0) is 30.5 Å². The molecule has 1 atom stereocenters. The molecule has 29 heavy (non-hydrogen) atoms. The van der Waals surface area contributed by atoms with E-state index in [1.165, 1.54) is 11.3 Å². The molecule has 1 fully saturated rings. The van der Waals surface area contributed by atoms with Crippen molar-refractivity contribution in [1.29, 1.82) is 0 Å². The second-order valence-corrected chi connectivity index (χ2v) is 8.10. The summed E-state index contributed by atoms with van der Waals surface area (Å²) in [6, 6.07) is 17.8. The Kier molecular flexibility index (Phi) is 6.22. The topological polar surface area (TPSA) is 51.7 Å². The summed E-state index contributed by atoms with van der Waals surface area (Å²) >= 11 is 1.43. The summed E-state index contributed by atoms with van der Waals surface area (Å²) in [4.78, 5) is 20.3. The SMILES string of the molecule is COc1cccc(CN(CC2CCCO2)C(=O)c2cnc(-c3ccccc3)s2)c1. The normalized spacial score (nSPS) is 16.0. The molecule has 0 aliphatic carbocycles. The smallest absolute Gasteiger partial charge is 0.265 e. The minimum absolute atomic E-state index is 0.0111. The van der Waals surface area contributed by atoms with Crippen LogP contribution >= 0.6 is 11.3 Å². The largest absolute Gasteiger partial charge is 0.497 e. The zero-order valence-corrected chi connectivity index (χ0v) is 17.2. The van der Waals surface area contributed by atoms with Gasteiger partial charge in [0.05, 0.1) is 19.4 Å². The van der Waals surface area contributed by atoms with E-state index in [4.69, 9.17) is 9.47 Å². The number of rotatable bonds is 7. The molecule has 150 valence electrons. The van der Waals surface area contributed by atoms with Crippen LogP contribution in [0.5, 0.6) is 5.75 Å². The monoisotopic (exact) mass is 408 g/mol. The number of ether oxygens (including phenoxy) is 2. The van der Waals surface area contributed by atoms with Crippen LogP contribution < -0.4 is 4.74 Å². The molecule has 1 unspecified atom stereocenters. The van der Waals surface area contributed by atoms with E-state index in [9.17, 15) is 4.79 Å². The van der Waals surface area contributed by atoms with Gasteiger partial charge in [0.15, 0.2) is 0 Å². The van der Waals surface area contributed by atoms with E-state index in [2.05, 4.69) is 4.98 Å². The molecule has 1 aromatic heterocycles. The number of hydrogen-bond acceptors (Lipinski definition) is 5. The van der Waals surface area contributed by atoms with E-state index >= 15 is 0 Å². The van der Waals surface area contributed by atoms with Crippen LogP contribution in [-0.2, 0) is 11.3 Å². The van der Waals surface area contributed by atoms with Crippen LogP contribution in [0.3, 0.4) is 0 Å². The van der Waals surface area contributed by atoms with Gasteiger partial charge in [0.1, 0.15) is 15.6 Å². The van der Waals surface area contributed by atoms with Crippen molar-refractivity contribution >= 4 is 17.2 Å². The fourth-order valence-electron chi connectivity index (χ4n) is 3.49. The van der Waals surface area contributed by atoms with Crippen molar-refractivity contribution in [2.75, 3.05) is 20.3 Å². The van der Waals surface area contributed by atoms with Gasteiger partial charge in [-0.3, -0.25) is 4.79 Å². The molecule has 3 aromatic rings. The van der Waals surface area contributed by atoms with E-state index in [0.29, 0.717) is 18.0 Å². The number of nitrogens with zero attached hydrogens (tertiary/aromatic N) is 2. The first-order valence-corrected chi connectivity index (χ1v) is 10.6. The number of carbonyl (C=O) groups is 1. The molecule has 6 heteroatoms. The molecule has 0 saturated carbocycles. The van der Waals surface area contributed by atoms with Gasteiger partial charge in [-0.1, -0.05) is 42.5 Å². The van der Waals surface area contributed by atoms with Gasteiger partial charge in [0.25, 0.3) is 5.91 Å². The second-order valence-electron chi connectivity index (χ2n) is 7.07.